The van der Waals surface area contributed by atoms with E-state index < -0.39 is 30.8 Å². The molecular weight excluding hydrogens is 905 g/mol. The molecule has 0 unspecified atom stereocenters. The van der Waals surface area contributed by atoms with E-state index in [-0.39, 0.29) is 113 Å². The topological polar surface area (TPSA) is 271 Å². The minimum absolute atomic E-state index is 0. The number of rotatable bonds is 0. The Kier molecular flexibility index (Phi) is 21.0. The van der Waals surface area contributed by atoms with Gasteiger partial charge in [-0.25, -0.2) is 26.8 Å². The maximum absolute atomic E-state index is 9.08. The first kappa shape index (κ1) is 54.2. The van der Waals surface area contributed by atoms with Gasteiger partial charge in [-0.15, -0.1) is 12.6 Å². The van der Waals surface area contributed by atoms with Gasteiger partial charge in [0, 0.05) is 57.4 Å². The second-order valence-electron chi connectivity index (χ2n) is 11.3. The van der Waals surface area contributed by atoms with Crippen molar-refractivity contribution in [3.05, 3.63) is 104 Å². The van der Waals surface area contributed by atoms with Crippen molar-refractivity contribution in [2.45, 2.75) is 0 Å². The Morgan fingerprint density at radius 2 is 0.610 bits per heavy atom. The molecule has 0 saturated heterocycles. The molecule has 2 aliphatic rings. The average Bonchev–Trinajstić information content (AvgIpc) is 3.82. The number of hydrogen-bond acceptors (Lipinski definition) is 15. The predicted molar refractivity (Wildman–Crippen MR) is 201 cm³/mol. The van der Waals surface area contributed by atoms with Crippen LogP contribution in [-0.2, 0) is 47.9 Å². The molecule has 7 aromatic rings. The summed E-state index contributed by atoms with van der Waals surface area (Å²) < 4.78 is 79.8. The molecule has 0 aliphatic carbocycles. The minimum Gasteiger partial charge on any atom is -0.748 e. The Balaban J connectivity index is 0.000000805. The van der Waals surface area contributed by atoms with Crippen LogP contribution in [0.4, 0.5) is 0 Å². The molecule has 0 atom stereocenters. The van der Waals surface area contributed by atoms with E-state index in [1.807, 2.05) is 97.1 Å². The van der Waals surface area contributed by atoms with Gasteiger partial charge in [0.1, 0.15) is 0 Å². The van der Waals surface area contributed by atoms with Gasteiger partial charge in [-0.05, 0) is 21.5 Å². The number of hydrogen-bond donors (Lipinski definition) is 0. The van der Waals surface area contributed by atoms with Crippen LogP contribution in [0.3, 0.4) is 0 Å². The zero-order chi connectivity index (χ0) is 38.8. The molecule has 291 valence electrons. The Hall–Kier alpha value is -2.80. The van der Waals surface area contributed by atoms with Crippen molar-refractivity contribution >= 4 is 75.0 Å². The van der Waals surface area contributed by atoms with E-state index >= 15 is 0 Å². The van der Waals surface area contributed by atoms with E-state index in [1.165, 1.54) is 0 Å². The van der Waals surface area contributed by atoms with Crippen LogP contribution in [0.5, 0.6) is 0 Å². The van der Waals surface area contributed by atoms with Gasteiger partial charge >= 0.3 is 116 Å². The molecule has 0 amide bonds. The Labute approximate surface area is 416 Å². The molecule has 9 rings (SSSR count). The van der Waals surface area contributed by atoms with Crippen LogP contribution in [0.2, 0.25) is 0 Å². The van der Waals surface area contributed by atoms with E-state index in [4.69, 9.17) is 78.4 Å². The zero-order valence-electron chi connectivity index (χ0n) is 32.0. The maximum atomic E-state index is 9.08. The summed E-state index contributed by atoms with van der Waals surface area (Å²) in [5.74, 6) is 2.21. The number of fused-ring (bicyclic) bond motifs is 20. The van der Waals surface area contributed by atoms with E-state index in [0.29, 0.717) is 58.4 Å². The van der Waals surface area contributed by atoms with Crippen molar-refractivity contribution in [1.29, 1.82) is 0 Å². The van der Waals surface area contributed by atoms with Gasteiger partial charge in [-0.2, -0.15) is 0 Å². The molecule has 17 nitrogen and oxygen atoms in total. The predicted octanol–water partition coefficient (Wildman–Crippen LogP) is -5.09. The molecule has 59 heavy (non-hydrogen) atoms. The quantitative estimate of drug-likeness (QED) is 0.0782. The molecule has 8 bridgehead atoms. The smallest absolute Gasteiger partial charge is 0.748 e. The van der Waals surface area contributed by atoms with Crippen molar-refractivity contribution in [1.82, 2.24) is 39.9 Å². The molecule has 0 fully saturated rings. The summed E-state index contributed by atoms with van der Waals surface area (Å²) in [5, 5.41) is 3.57. The molecule has 3 aromatic heterocycles. The van der Waals surface area contributed by atoms with E-state index in [0.717, 1.165) is 43.8 Å². The molecule has 0 saturated carbocycles. The summed E-state index contributed by atoms with van der Waals surface area (Å²) in [6.45, 7) is 0. The SMILES string of the molecule is CS(=O)(=O)[O-].CS(=O)(=O)[O-].O=S(=O)=O.[CH3-].[Cu+2].[Na+].[Na+].[Na+].c1ccc2c(c1)-c1nc-2nc2[n-]c(nc3nc(nc4[n-]c(n1)c1ccccc41)-c1ccccc1-3)c1ccccc21. The van der Waals surface area contributed by atoms with Crippen LogP contribution in [0.25, 0.3) is 89.7 Å². The molecule has 1 radical (unpaired) electrons. The summed E-state index contributed by atoms with van der Waals surface area (Å²) in [6.07, 6.45) is 1.21. The summed E-state index contributed by atoms with van der Waals surface area (Å²) in [5.41, 5.74) is 5.78. The summed E-state index contributed by atoms with van der Waals surface area (Å²) in [6, 6.07) is 31.8. The first-order valence-corrected chi connectivity index (χ1v) is 19.8. The van der Waals surface area contributed by atoms with Crippen LogP contribution in [0, 0.1) is 7.43 Å². The second-order valence-corrected chi connectivity index (χ2v) is 14.5. The van der Waals surface area contributed by atoms with Crippen molar-refractivity contribution in [3.63, 3.8) is 0 Å². The van der Waals surface area contributed by atoms with Gasteiger partial charge in [0.2, 0.25) is 0 Å². The summed E-state index contributed by atoms with van der Waals surface area (Å²) in [7, 11) is -10.9. The van der Waals surface area contributed by atoms with Crippen LogP contribution in [0.15, 0.2) is 97.1 Å². The molecule has 0 spiro atoms. The van der Waals surface area contributed by atoms with Gasteiger partial charge in [0.15, 0.2) is 0 Å². The second kappa shape index (κ2) is 22.9. The molecular formula is C35H25CuN8Na3O9S3. The molecule has 5 heterocycles. The first-order valence-electron chi connectivity index (χ1n) is 15.2. The van der Waals surface area contributed by atoms with Gasteiger partial charge < -0.3 is 46.4 Å². The van der Waals surface area contributed by atoms with E-state index in [2.05, 4.69) is 0 Å². The van der Waals surface area contributed by atoms with Crippen molar-refractivity contribution in [3.8, 4) is 45.6 Å². The van der Waals surface area contributed by atoms with Crippen LogP contribution in [-0.4, -0.2) is 81.0 Å². The molecule has 2 aliphatic heterocycles. The number of aromatic nitrogens is 8. The van der Waals surface area contributed by atoms with Crippen LogP contribution < -0.4 is 98.6 Å². The van der Waals surface area contributed by atoms with Gasteiger partial charge in [-0.1, -0.05) is 97.1 Å². The fraction of sp³-hybridized carbons (Fsp3) is 0.0571. The third-order valence-electron chi connectivity index (χ3n) is 7.33. The Bertz CT molecular complexity index is 2770. The fourth-order valence-corrected chi connectivity index (χ4v) is 5.46. The number of nitrogens with zero attached hydrogens (tertiary/aromatic N) is 8. The molecule has 24 heteroatoms. The third-order valence-corrected chi connectivity index (χ3v) is 7.33. The van der Waals surface area contributed by atoms with Crippen molar-refractivity contribution < 1.29 is 144 Å². The third kappa shape index (κ3) is 14.1. The van der Waals surface area contributed by atoms with Gasteiger partial charge in [-0.3, -0.25) is 0 Å². The molecule has 4 aromatic carbocycles. The average molecular weight is 930 g/mol. The zero-order valence-corrected chi connectivity index (χ0v) is 41.4. The minimum atomic E-state index is -3.92. The Morgan fingerprint density at radius 1 is 0.441 bits per heavy atom. The first-order chi connectivity index (χ1) is 25.5. The normalized spacial score (nSPS) is 10.5. The van der Waals surface area contributed by atoms with Gasteiger partial charge in [0.05, 0.1) is 43.5 Å². The fourth-order valence-electron chi connectivity index (χ4n) is 5.46. The van der Waals surface area contributed by atoms with Crippen molar-refractivity contribution in [2.75, 3.05) is 12.5 Å². The van der Waals surface area contributed by atoms with Gasteiger partial charge in [0.25, 0.3) is 0 Å². The summed E-state index contributed by atoms with van der Waals surface area (Å²) in [4.78, 5) is 39.3. The van der Waals surface area contributed by atoms with Crippen molar-refractivity contribution in [2.24, 2.45) is 0 Å². The summed E-state index contributed by atoms with van der Waals surface area (Å²) >= 11 is 0. The monoisotopic (exact) mass is 929 g/mol. The van der Waals surface area contributed by atoms with E-state index in [1.54, 1.807) is 0 Å². The maximum Gasteiger partial charge on any atom is 2.00 e. The van der Waals surface area contributed by atoms with Crippen LogP contribution >= 0.6 is 0 Å². The Morgan fingerprint density at radius 3 is 0.797 bits per heavy atom. The standard InChI is InChI=1S/C32H16N8.2CH4O3S.CH3.Cu.3Na.O3S/c1-2-10-18-17(9-1)25-33-26(18)38-28-21-13-5-6-14-22(21)30(35-28)40-32-24-16-8-7-15-23(24)31(36-32)39-29-20-12-4-3-11-19(20)27(34-29)37-25;2*1-5(2,3)4;;;;;;1-4(2)3/h1-16H;2*1H3,(H,2,3,4);1H3;;;;;/q-2;;;-1;+2;3*+1;/p-2. The molecule has 0 N–H and O–H groups in total. The number of benzene rings is 4. The largest absolute Gasteiger partial charge is 2.00 e. The van der Waals surface area contributed by atoms with Crippen LogP contribution in [0.1, 0.15) is 0 Å². The van der Waals surface area contributed by atoms with E-state index in [9.17, 15) is 0 Å².